The van der Waals surface area contributed by atoms with E-state index in [9.17, 15) is 14.0 Å². The summed E-state index contributed by atoms with van der Waals surface area (Å²) in [5.41, 5.74) is 1.06. The molecule has 6 heteroatoms. The summed E-state index contributed by atoms with van der Waals surface area (Å²) in [5, 5.41) is 2.95. The first-order valence-electron chi connectivity index (χ1n) is 8.56. The van der Waals surface area contributed by atoms with Crippen molar-refractivity contribution in [2.45, 2.75) is 18.9 Å². The van der Waals surface area contributed by atoms with Gasteiger partial charge in [0, 0.05) is 30.3 Å². The number of ether oxygens (including phenoxy) is 1. The van der Waals surface area contributed by atoms with Gasteiger partial charge in [-0.1, -0.05) is 0 Å². The number of piperidine rings is 1. The lowest BCUT2D eigenvalue weighted by atomic mass is 10.0. The van der Waals surface area contributed by atoms with Crippen molar-refractivity contribution in [1.82, 2.24) is 10.2 Å². The minimum absolute atomic E-state index is 0.00692. The number of hydrogen-bond acceptors (Lipinski definition) is 3. The fourth-order valence-electron chi connectivity index (χ4n) is 3.01. The van der Waals surface area contributed by atoms with Gasteiger partial charge in [-0.05, 0) is 61.4 Å². The van der Waals surface area contributed by atoms with Gasteiger partial charge in [-0.15, -0.1) is 0 Å². The van der Waals surface area contributed by atoms with Gasteiger partial charge in [0.1, 0.15) is 11.6 Å². The lowest BCUT2D eigenvalue weighted by Gasteiger charge is -2.32. The highest BCUT2D eigenvalue weighted by Gasteiger charge is 2.24. The van der Waals surface area contributed by atoms with Gasteiger partial charge >= 0.3 is 0 Å². The number of rotatable bonds is 4. The highest BCUT2D eigenvalue weighted by atomic mass is 19.1. The molecule has 0 bridgehead atoms. The Hall–Kier alpha value is -2.89. The number of carbonyl (C=O) groups is 2. The largest absolute Gasteiger partial charge is 0.497 e. The SMILES string of the molecule is COc1ccc(C(=O)N2CCC(NC(=O)c3ccc(F)cc3)CC2)cc1. The van der Waals surface area contributed by atoms with Crippen molar-refractivity contribution >= 4 is 11.8 Å². The Bertz CT molecular complexity index is 767. The number of hydrogen-bond donors (Lipinski definition) is 1. The van der Waals surface area contributed by atoms with Crippen molar-refractivity contribution in [2.24, 2.45) is 0 Å². The predicted octanol–water partition coefficient (Wildman–Crippen LogP) is 2.87. The molecular formula is C20H21FN2O3. The second-order valence-electron chi connectivity index (χ2n) is 6.28. The molecule has 1 aliphatic heterocycles. The molecule has 1 saturated heterocycles. The molecule has 0 saturated carbocycles. The summed E-state index contributed by atoms with van der Waals surface area (Å²) in [6.07, 6.45) is 1.38. The minimum atomic E-state index is -0.369. The maximum atomic E-state index is 12.9. The summed E-state index contributed by atoms with van der Waals surface area (Å²) in [6, 6.07) is 12.5. The first-order chi connectivity index (χ1) is 12.6. The molecule has 0 unspecified atom stereocenters. The predicted molar refractivity (Wildman–Crippen MR) is 95.8 cm³/mol. The van der Waals surface area contributed by atoms with Gasteiger partial charge in [-0.2, -0.15) is 0 Å². The van der Waals surface area contributed by atoms with E-state index in [-0.39, 0.29) is 23.7 Å². The van der Waals surface area contributed by atoms with Gasteiger partial charge in [0.05, 0.1) is 7.11 Å². The molecule has 2 aromatic rings. The van der Waals surface area contributed by atoms with E-state index in [1.54, 1.807) is 36.3 Å². The Morgan fingerprint density at radius 2 is 1.58 bits per heavy atom. The molecular weight excluding hydrogens is 335 g/mol. The normalized spacial score (nSPS) is 14.8. The maximum absolute atomic E-state index is 12.9. The highest BCUT2D eigenvalue weighted by Crippen LogP contribution is 2.17. The van der Waals surface area contributed by atoms with Crippen molar-refractivity contribution in [3.05, 3.63) is 65.5 Å². The van der Waals surface area contributed by atoms with Crippen molar-refractivity contribution in [2.75, 3.05) is 20.2 Å². The molecule has 1 N–H and O–H groups in total. The number of nitrogens with one attached hydrogen (secondary N) is 1. The average Bonchev–Trinajstić information content (AvgIpc) is 2.68. The monoisotopic (exact) mass is 356 g/mol. The quantitative estimate of drug-likeness (QED) is 0.916. The third-order valence-corrected chi connectivity index (χ3v) is 4.56. The Kier molecular flexibility index (Phi) is 5.51. The molecule has 136 valence electrons. The number of amides is 2. The summed E-state index contributed by atoms with van der Waals surface area (Å²) >= 11 is 0. The van der Waals surface area contributed by atoms with Gasteiger partial charge in [0.25, 0.3) is 11.8 Å². The summed E-state index contributed by atoms with van der Waals surface area (Å²) < 4.78 is 18.0. The number of carbonyl (C=O) groups excluding carboxylic acids is 2. The molecule has 1 heterocycles. The third-order valence-electron chi connectivity index (χ3n) is 4.56. The molecule has 0 aliphatic carbocycles. The fourth-order valence-corrected chi connectivity index (χ4v) is 3.01. The van der Waals surface area contributed by atoms with E-state index < -0.39 is 0 Å². The van der Waals surface area contributed by atoms with Crippen molar-refractivity contribution < 1.29 is 18.7 Å². The van der Waals surface area contributed by atoms with E-state index in [1.807, 2.05) is 0 Å². The topological polar surface area (TPSA) is 58.6 Å². The van der Waals surface area contributed by atoms with Crippen LogP contribution in [0.15, 0.2) is 48.5 Å². The van der Waals surface area contributed by atoms with Crippen LogP contribution in [0.4, 0.5) is 4.39 Å². The van der Waals surface area contributed by atoms with Crippen LogP contribution in [0.1, 0.15) is 33.6 Å². The zero-order valence-corrected chi connectivity index (χ0v) is 14.6. The smallest absolute Gasteiger partial charge is 0.253 e. The molecule has 5 nitrogen and oxygen atoms in total. The van der Waals surface area contributed by atoms with E-state index in [0.29, 0.717) is 42.8 Å². The van der Waals surface area contributed by atoms with E-state index in [1.165, 1.54) is 24.3 Å². The number of benzene rings is 2. The van der Waals surface area contributed by atoms with Crippen LogP contribution >= 0.6 is 0 Å². The van der Waals surface area contributed by atoms with Gasteiger partial charge < -0.3 is 15.0 Å². The lowest BCUT2D eigenvalue weighted by molar-refractivity contribution is 0.0698. The second-order valence-corrected chi connectivity index (χ2v) is 6.28. The van der Waals surface area contributed by atoms with Crippen LogP contribution in [0.25, 0.3) is 0 Å². The minimum Gasteiger partial charge on any atom is -0.497 e. The Morgan fingerprint density at radius 3 is 2.15 bits per heavy atom. The number of likely N-dealkylation sites (tertiary alicyclic amines) is 1. The second kappa shape index (κ2) is 7.99. The van der Waals surface area contributed by atoms with E-state index in [4.69, 9.17) is 4.74 Å². The molecule has 1 fully saturated rings. The molecule has 0 atom stereocenters. The van der Waals surface area contributed by atoms with E-state index in [0.717, 1.165) is 0 Å². The van der Waals surface area contributed by atoms with Crippen molar-refractivity contribution in [3.63, 3.8) is 0 Å². The average molecular weight is 356 g/mol. The van der Waals surface area contributed by atoms with Crippen molar-refractivity contribution in [1.29, 1.82) is 0 Å². The molecule has 2 aromatic carbocycles. The molecule has 3 rings (SSSR count). The Morgan fingerprint density at radius 1 is 1.00 bits per heavy atom. The molecule has 0 aromatic heterocycles. The number of nitrogens with zero attached hydrogens (tertiary/aromatic N) is 1. The zero-order chi connectivity index (χ0) is 18.5. The zero-order valence-electron chi connectivity index (χ0n) is 14.6. The summed E-state index contributed by atoms with van der Waals surface area (Å²) in [6.45, 7) is 1.17. The highest BCUT2D eigenvalue weighted by molar-refractivity contribution is 5.95. The molecule has 2 amide bonds. The summed E-state index contributed by atoms with van der Waals surface area (Å²) in [4.78, 5) is 26.5. The standard InChI is InChI=1S/C20H21FN2O3/c1-26-18-8-4-15(5-9-18)20(25)23-12-10-17(11-13-23)22-19(24)14-2-6-16(21)7-3-14/h2-9,17H,10-13H2,1H3,(H,22,24). The lowest BCUT2D eigenvalue weighted by Crippen LogP contribution is -2.46. The number of halogens is 1. The van der Waals surface area contributed by atoms with Crippen LogP contribution in [0, 0.1) is 5.82 Å². The molecule has 26 heavy (non-hydrogen) atoms. The molecule has 1 aliphatic rings. The molecule has 0 radical (unpaired) electrons. The van der Waals surface area contributed by atoms with Crippen LogP contribution < -0.4 is 10.1 Å². The van der Waals surface area contributed by atoms with Crippen molar-refractivity contribution in [3.8, 4) is 5.75 Å². The first kappa shape index (κ1) is 17.9. The molecule has 0 spiro atoms. The summed E-state index contributed by atoms with van der Waals surface area (Å²) in [7, 11) is 1.59. The Balaban J connectivity index is 1.52. The van der Waals surface area contributed by atoms with Gasteiger partial charge in [-0.25, -0.2) is 4.39 Å². The Labute approximate surface area is 151 Å². The number of methoxy groups -OCH3 is 1. The fraction of sp³-hybridized carbons (Fsp3) is 0.300. The van der Waals surface area contributed by atoms with Gasteiger partial charge in [0.2, 0.25) is 0 Å². The first-order valence-corrected chi connectivity index (χ1v) is 8.56. The maximum Gasteiger partial charge on any atom is 0.253 e. The van der Waals surface area contributed by atoms with Crippen LogP contribution in [-0.2, 0) is 0 Å². The van der Waals surface area contributed by atoms with Crippen LogP contribution in [-0.4, -0.2) is 43.0 Å². The van der Waals surface area contributed by atoms with Crippen LogP contribution in [0.2, 0.25) is 0 Å². The van der Waals surface area contributed by atoms with Gasteiger partial charge in [0.15, 0.2) is 0 Å². The van der Waals surface area contributed by atoms with E-state index >= 15 is 0 Å². The van der Waals surface area contributed by atoms with E-state index in [2.05, 4.69) is 5.32 Å². The third kappa shape index (κ3) is 4.20. The summed E-state index contributed by atoms with van der Waals surface area (Å²) in [5.74, 6) is 0.108. The van der Waals surface area contributed by atoms with Gasteiger partial charge in [-0.3, -0.25) is 9.59 Å². The van der Waals surface area contributed by atoms with Crippen LogP contribution in [0.3, 0.4) is 0 Å². The van der Waals surface area contributed by atoms with Crippen LogP contribution in [0.5, 0.6) is 5.75 Å².